The van der Waals surface area contributed by atoms with E-state index >= 15 is 0 Å². The summed E-state index contributed by atoms with van der Waals surface area (Å²) in [4.78, 5) is 36.0. The average molecular weight is 397 g/mol. The van der Waals surface area contributed by atoms with Crippen LogP contribution >= 0.6 is 0 Å². The Balaban J connectivity index is 1.57. The van der Waals surface area contributed by atoms with Crippen molar-refractivity contribution in [1.82, 2.24) is 25.3 Å². The first-order valence-electron chi connectivity index (χ1n) is 10.1. The van der Waals surface area contributed by atoms with Gasteiger partial charge in [0.25, 0.3) is 5.91 Å². The van der Waals surface area contributed by atoms with Gasteiger partial charge in [-0.2, -0.15) is 4.98 Å². The molecule has 1 saturated carbocycles. The standard InChI is InChI=1S/C21H27N5O3/c1-12(2)19(28)26-10-15-8-16(24-18(27)17-6-5-7-22-13(17)3)9-21(15,11-26)20-23-14(4)25-29-20/h5-7,12,15-16H,8-11H2,1-4H3,(H,24,27)/t15?,16-,21+/m1/s1. The molecule has 3 heterocycles. The fourth-order valence-electron chi connectivity index (χ4n) is 4.83. The molecule has 2 aliphatic rings. The monoisotopic (exact) mass is 397 g/mol. The number of aromatic nitrogens is 3. The first kappa shape index (κ1) is 19.5. The van der Waals surface area contributed by atoms with Crippen LogP contribution in [-0.2, 0) is 10.2 Å². The van der Waals surface area contributed by atoms with E-state index in [1.54, 1.807) is 25.3 Å². The molecule has 1 unspecified atom stereocenters. The summed E-state index contributed by atoms with van der Waals surface area (Å²) in [6, 6.07) is 3.53. The third kappa shape index (κ3) is 3.41. The lowest BCUT2D eigenvalue weighted by molar-refractivity contribution is -0.133. The van der Waals surface area contributed by atoms with Crippen molar-refractivity contribution >= 4 is 11.8 Å². The minimum atomic E-state index is -0.409. The Labute approximate surface area is 170 Å². The number of hydrogen-bond donors (Lipinski definition) is 1. The molecular weight excluding hydrogens is 370 g/mol. The lowest BCUT2D eigenvalue weighted by atomic mass is 9.80. The Kier molecular flexibility index (Phi) is 4.88. The highest BCUT2D eigenvalue weighted by atomic mass is 16.5. The number of aryl methyl sites for hydroxylation is 2. The van der Waals surface area contributed by atoms with Gasteiger partial charge >= 0.3 is 0 Å². The van der Waals surface area contributed by atoms with Crippen molar-refractivity contribution in [3.8, 4) is 0 Å². The molecule has 8 heteroatoms. The van der Waals surface area contributed by atoms with Gasteiger partial charge in [0.1, 0.15) is 0 Å². The molecule has 154 valence electrons. The molecule has 8 nitrogen and oxygen atoms in total. The summed E-state index contributed by atoms with van der Waals surface area (Å²) in [6.45, 7) is 8.66. The third-order valence-corrected chi connectivity index (χ3v) is 6.22. The number of fused-ring (bicyclic) bond motifs is 1. The average Bonchev–Trinajstić information content (AvgIpc) is 3.33. The molecule has 0 spiro atoms. The number of likely N-dealkylation sites (tertiary alicyclic amines) is 1. The third-order valence-electron chi connectivity index (χ3n) is 6.22. The van der Waals surface area contributed by atoms with Crippen molar-refractivity contribution in [1.29, 1.82) is 0 Å². The van der Waals surface area contributed by atoms with Gasteiger partial charge in [-0.3, -0.25) is 14.6 Å². The van der Waals surface area contributed by atoms with E-state index in [-0.39, 0.29) is 29.7 Å². The Morgan fingerprint density at radius 2 is 2.14 bits per heavy atom. The van der Waals surface area contributed by atoms with E-state index in [1.165, 1.54) is 0 Å². The minimum Gasteiger partial charge on any atom is -0.349 e. The van der Waals surface area contributed by atoms with Crippen LogP contribution < -0.4 is 5.32 Å². The van der Waals surface area contributed by atoms with E-state index in [9.17, 15) is 9.59 Å². The Morgan fingerprint density at radius 3 is 2.79 bits per heavy atom. The topological polar surface area (TPSA) is 101 Å². The Bertz CT molecular complexity index is 940. The van der Waals surface area contributed by atoms with Gasteiger partial charge in [-0.1, -0.05) is 19.0 Å². The number of nitrogens with zero attached hydrogens (tertiary/aromatic N) is 4. The van der Waals surface area contributed by atoms with E-state index in [0.717, 1.165) is 6.42 Å². The Morgan fingerprint density at radius 1 is 1.34 bits per heavy atom. The molecule has 0 bridgehead atoms. The summed E-state index contributed by atoms with van der Waals surface area (Å²) >= 11 is 0. The predicted octanol–water partition coefficient (Wildman–Crippen LogP) is 2.03. The summed E-state index contributed by atoms with van der Waals surface area (Å²) < 4.78 is 5.58. The largest absolute Gasteiger partial charge is 0.349 e. The molecular formula is C21H27N5O3. The summed E-state index contributed by atoms with van der Waals surface area (Å²) in [5, 5.41) is 7.14. The van der Waals surface area contributed by atoms with E-state index in [1.807, 2.05) is 25.7 Å². The van der Waals surface area contributed by atoms with Crippen molar-refractivity contribution in [2.24, 2.45) is 11.8 Å². The molecule has 0 aromatic carbocycles. The van der Waals surface area contributed by atoms with E-state index < -0.39 is 5.41 Å². The van der Waals surface area contributed by atoms with Crippen LogP contribution in [0.1, 0.15) is 54.5 Å². The van der Waals surface area contributed by atoms with Gasteiger partial charge in [0, 0.05) is 36.9 Å². The molecule has 1 saturated heterocycles. The molecule has 1 aliphatic heterocycles. The molecule has 2 amide bonds. The van der Waals surface area contributed by atoms with E-state index in [2.05, 4.69) is 20.4 Å². The second kappa shape index (κ2) is 7.24. The number of amides is 2. The van der Waals surface area contributed by atoms with Gasteiger partial charge in [0.15, 0.2) is 5.82 Å². The molecule has 2 fully saturated rings. The van der Waals surface area contributed by atoms with Crippen molar-refractivity contribution in [2.75, 3.05) is 13.1 Å². The Hall–Kier alpha value is -2.77. The molecule has 0 radical (unpaired) electrons. The number of carbonyl (C=O) groups is 2. The molecule has 3 atom stereocenters. The summed E-state index contributed by atoms with van der Waals surface area (Å²) in [5.41, 5.74) is 0.885. The van der Waals surface area contributed by atoms with Crippen molar-refractivity contribution in [3.05, 3.63) is 41.3 Å². The van der Waals surface area contributed by atoms with Crippen LogP contribution in [0.25, 0.3) is 0 Å². The van der Waals surface area contributed by atoms with Crippen LogP contribution in [0.5, 0.6) is 0 Å². The van der Waals surface area contributed by atoms with E-state index in [0.29, 0.717) is 42.5 Å². The zero-order chi connectivity index (χ0) is 20.8. The first-order chi connectivity index (χ1) is 13.8. The normalized spacial score (nSPS) is 26.0. The maximum atomic E-state index is 12.8. The van der Waals surface area contributed by atoms with Gasteiger partial charge in [-0.25, -0.2) is 0 Å². The quantitative estimate of drug-likeness (QED) is 0.847. The van der Waals surface area contributed by atoms with Gasteiger partial charge in [0.05, 0.1) is 11.0 Å². The summed E-state index contributed by atoms with van der Waals surface area (Å²) in [6.07, 6.45) is 3.12. The maximum Gasteiger partial charge on any atom is 0.253 e. The van der Waals surface area contributed by atoms with Crippen LogP contribution in [0.4, 0.5) is 0 Å². The van der Waals surface area contributed by atoms with Crippen molar-refractivity contribution < 1.29 is 14.1 Å². The second-order valence-electron chi connectivity index (χ2n) is 8.62. The SMILES string of the molecule is Cc1noc([C@]23C[C@H](NC(=O)c4cccnc4C)CC2CN(C(=O)C(C)C)C3)n1. The fourth-order valence-corrected chi connectivity index (χ4v) is 4.83. The maximum absolute atomic E-state index is 12.8. The zero-order valence-electron chi connectivity index (χ0n) is 17.3. The van der Waals surface area contributed by atoms with Gasteiger partial charge < -0.3 is 14.7 Å². The fraction of sp³-hybridized carbons (Fsp3) is 0.571. The van der Waals surface area contributed by atoms with Gasteiger partial charge in [0.2, 0.25) is 11.8 Å². The molecule has 1 N–H and O–H groups in total. The highest BCUT2D eigenvalue weighted by Crippen LogP contribution is 2.50. The van der Waals surface area contributed by atoms with Crippen LogP contribution in [0.2, 0.25) is 0 Å². The molecule has 1 aliphatic carbocycles. The number of nitrogens with one attached hydrogen (secondary N) is 1. The van der Waals surface area contributed by atoms with E-state index in [4.69, 9.17) is 4.52 Å². The lowest BCUT2D eigenvalue weighted by Crippen LogP contribution is -2.40. The van der Waals surface area contributed by atoms with Crippen LogP contribution in [0, 0.1) is 25.7 Å². The number of carbonyl (C=O) groups excluding carboxylic acids is 2. The van der Waals surface area contributed by atoms with Crippen LogP contribution in [0.15, 0.2) is 22.9 Å². The smallest absolute Gasteiger partial charge is 0.253 e. The summed E-state index contributed by atoms with van der Waals surface area (Å²) in [7, 11) is 0. The zero-order valence-corrected chi connectivity index (χ0v) is 17.3. The van der Waals surface area contributed by atoms with Gasteiger partial charge in [-0.05, 0) is 44.7 Å². The highest BCUT2D eigenvalue weighted by Gasteiger charge is 2.58. The minimum absolute atomic E-state index is 0.0179. The molecule has 2 aromatic heterocycles. The molecule has 29 heavy (non-hydrogen) atoms. The van der Waals surface area contributed by atoms with Crippen LogP contribution in [0.3, 0.4) is 0 Å². The lowest BCUT2D eigenvalue weighted by Gasteiger charge is -2.26. The van der Waals surface area contributed by atoms with Gasteiger partial charge in [-0.15, -0.1) is 0 Å². The number of pyridine rings is 1. The molecule has 4 rings (SSSR count). The second-order valence-corrected chi connectivity index (χ2v) is 8.62. The number of hydrogen-bond acceptors (Lipinski definition) is 6. The first-order valence-corrected chi connectivity index (χ1v) is 10.1. The number of rotatable bonds is 4. The summed E-state index contributed by atoms with van der Waals surface area (Å²) in [5.74, 6) is 1.30. The van der Waals surface area contributed by atoms with Crippen LogP contribution in [-0.4, -0.2) is 51.0 Å². The molecule has 2 aromatic rings. The van der Waals surface area contributed by atoms with Crippen molar-refractivity contribution in [3.63, 3.8) is 0 Å². The highest BCUT2D eigenvalue weighted by molar-refractivity contribution is 5.95. The van der Waals surface area contributed by atoms with Crippen molar-refractivity contribution in [2.45, 2.75) is 52.0 Å². The predicted molar refractivity (Wildman–Crippen MR) is 105 cm³/mol.